The van der Waals surface area contributed by atoms with Gasteiger partial charge in [-0.2, -0.15) is 0 Å². The molecule has 0 radical (unpaired) electrons. The predicted octanol–water partition coefficient (Wildman–Crippen LogP) is 7.30. The third-order valence-corrected chi connectivity index (χ3v) is 8.86. The molecule has 0 atom stereocenters. The Morgan fingerprint density at radius 2 is 1.24 bits per heavy atom. The fourth-order valence-corrected chi connectivity index (χ4v) is 6.26. The minimum atomic E-state index is -3.51. The molecule has 1 saturated carbocycles. The summed E-state index contributed by atoms with van der Waals surface area (Å²) < 4.78 is 33.8. The van der Waals surface area contributed by atoms with Crippen LogP contribution in [0.4, 0.5) is 16.2 Å². The number of sulfonamides is 1. The van der Waals surface area contributed by atoms with Crippen molar-refractivity contribution < 1.29 is 17.9 Å². The van der Waals surface area contributed by atoms with Gasteiger partial charge in [0.25, 0.3) is 0 Å². The summed E-state index contributed by atoms with van der Waals surface area (Å²) in [7, 11) is -3.51. The molecule has 7 nitrogen and oxygen atoms in total. The summed E-state index contributed by atoms with van der Waals surface area (Å²) in [6, 6.07) is 34.9. The molecule has 2 amide bonds. The predicted molar refractivity (Wildman–Crippen MR) is 163 cm³/mol. The van der Waals surface area contributed by atoms with E-state index in [1.165, 1.54) is 0 Å². The van der Waals surface area contributed by atoms with Crippen molar-refractivity contribution in [1.29, 1.82) is 0 Å². The number of para-hydroxylation sites is 2. The van der Waals surface area contributed by atoms with Crippen LogP contribution in [-0.4, -0.2) is 27.5 Å². The zero-order chi connectivity index (χ0) is 28.5. The Morgan fingerprint density at radius 1 is 0.707 bits per heavy atom. The lowest BCUT2D eigenvalue weighted by atomic mass is 9.82. The SMILES string of the molecule is O=C(Nc1ccc(Oc2ccccc2)cc1)N(CC1CCC(CNS(=O)(=O)c2ccccc2)CC1)c1ccccc1. The number of nitrogens with zero attached hydrogens (tertiary/aromatic N) is 1. The first kappa shape index (κ1) is 28.4. The second kappa shape index (κ2) is 13.5. The van der Waals surface area contributed by atoms with E-state index in [2.05, 4.69) is 10.0 Å². The lowest BCUT2D eigenvalue weighted by Gasteiger charge is -2.33. The van der Waals surface area contributed by atoms with E-state index < -0.39 is 10.0 Å². The molecule has 8 heteroatoms. The Morgan fingerprint density at radius 3 is 1.88 bits per heavy atom. The summed E-state index contributed by atoms with van der Waals surface area (Å²) in [6.45, 7) is 1.02. The number of rotatable bonds is 10. The third kappa shape index (κ3) is 7.96. The number of hydrogen-bond donors (Lipinski definition) is 2. The van der Waals surface area contributed by atoms with Crippen LogP contribution in [0.1, 0.15) is 25.7 Å². The minimum absolute atomic E-state index is 0.189. The van der Waals surface area contributed by atoms with Gasteiger partial charge < -0.3 is 10.1 Å². The maximum Gasteiger partial charge on any atom is 0.326 e. The van der Waals surface area contributed by atoms with Crippen molar-refractivity contribution >= 4 is 27.4 Å². The highest BCUT2D eigenvalue weighted by Gasteiger charge is 2.27. The normalized spacial score (nSPS) is 17.0. The van der Waals surface area contributed by atoms with Crippen LogP contribution in [0.15, 0.2) is 120 Å². The van der Waals surface area contributed by atoms with Gasteiger partial charge >= 0.3 is 6.03 Å². The van der Waals surface area contributed by atoms with Crippen molar-refractivity contribution in [2.75, 3.05) is 23.3 Å². The maximum absolute atomic E-state index is 13.5. The number of anilines is 2. The Kier molecular flexibility index (Phi) is 9.33. The molecule has 0 heterocycles. The van der Waals surface area contributed by atoms with Crippen molar-refractivity contribution in [2.24, 2.45) is 11.8 Å². The smallest absolute Gasteiger partial charge is 0.326 e. The van der Waals surface area contributed by atoms with Gasteiger partial charge in [0, 0.05) is 24.5 Å². The maximum atomic E-state index is 13.5. The first-order valence-corrected chi connectivity index (χ1v) is 15.5. The largest absolute Gasteiger partial charge is 0.457 e. The van der Waals surface area contributed by atoms with E-state index in [9.17, 15) is 13.2 Å². The van der Waals surface area contributed by atoms with Gasteiger partial charge in [-0.15, -0.1) is 0 Å². The van der Waals surface area contributed by atoms with Crippen LogP contribution >= 0.6 is 0 Å². The fourth-order valence-electron chi connectivity index (χ4n) is 5.12. The Hall–Kier alpha value is -4.14. The second-order valence-corrected chi connectivity index (χ2v) is 12.1. The number of hydrogen-bond acceptors (Lipinski definition) is 4. The number of urea groups is 1. The number of nitrogens with one attached hydrogen (secondary N) is 2. The molecule has 0 saturated heterocycles. The molecule has 5 rings (SSSR count). The average molecular weight is 570 g/mol. The first-order chi connectivity index (χ1) is 20.0. The summed E-state index contributed by atoms with van der Waals surface area (Å²) in [6.07, 6.45) is 3.68. The summed E-state index contributed by atoms with van der Waals surface area (Å²) in [4.78, 5) is 15.6. The second-order valence-electron chi connectivity index (χ2n) is 10.4. The molecule has 0 bridgehead atoms. The van der Waals surface area contributed by atoms with Crippen molar-refractivity contribution in [3.05, 3.63) is 115 Å². The van der Waals surface area contributed by atoms with E-state index in [0.717, 1.165) is 37.1 Å². The summed E-state index contributed by atoms with van der Waals surface area (Å²) in [5.41, 5.74) is 1.53. The van der Waals surface area contributed by atoms with Gasteiger partial charge in [0.2, 0.25) is 10.0 Å². The Labute approximate surface area is 242 Å². The van der Waals surface area contributed by atoms with Gasteiger partial charge in [-0.3, -0.25) is 4.90 Å². The third-order valence-electron chi connectivity index (χ3n) is 7.42. The molecule has 4 aromatic carbocycles. The van der Waals surface area contributed by atoms with E-state index in [1.807, 2.05) is 84.9 Å². The molecule has 0 spiro atoms. The number of ether oxygens (including phenoxy) is 1. The van der Waals surface area contributed by atoms with Crippen LogP contribution in [0, 0.1) is 11.8 Å². The molecular formula is C33H35N3O4S. The molecular weight excluding hydrogens is 534 g/mol. The van der Waals surface area contributed by atoms with Crippen molar-refractivity contribution in [3.8, 4) is 11.5 Å². The molecule has 0 aromatic heterocycles. The lowest BCUT2D eigenvalue weighted by molar-refractivity contribution is 0.249. The van der Waals surface area contributed by atoms with Crippen LogP contribution in [0.3, 0.4) is 0 Å². The van der Waals surface area contributed by atoms with Crippen LogP contribution in [0.2, 0.25) is 0 Å². The van der Waals surface area contributed by atoms with Gasteiger partial charge in [0.05, 0.1) is 4.90 Å². The summed E-state index contributed by atoms with van der Waals surface area (Å²) >= 11 is 0. The number of carbonyl (C=O) groups excluding carboxylic acids is 1. The molecule has 0 aliphatic heterocycles. The number of benzene rings is 4. The van der Waals surface area contributed by atoms with E-state index in [4.69, 9.17) is 4.74 Å². The standard InChI is InChI=1S/C33H35N3O4S/c37-33(35-28-20-22-31(23-21-28)40-30-12-6-2-7-13-30)36(29-10-4-1-5-11-29)25-27-18-16-26(17-19-27)24-34-41(38,39)32-14-8-3-9-15-32/h1-15,20-23,26-27,34H,16-19,24-25H2,(H,35,37). The van der Waals surface area contributed by atoms with E-state index in [1.54, 1.807) is 35.2 Å². The highest BCUT2D eigenvalue weighted by molar-refractivity contribution is 7.89. The van der Waals surface area contributed by atoms with Gasteiger partial charge in [0.1, 0.15) is 11.5 Å². The van der Waals surface area contributed by atoms with Gasteiger partial charge in [-0.1, -0.05) is 54.6 Å². The van der Waals surface area contributed by atoms with E-state index in [0.29, 0.717) is 30.4 Å². The molecule has 1 aliphatic carbocycles. The van der Waals surface area contributed by atoms with Crippen molar-refractivity contribution in [1.82, 2.24) is 4.72 Å². The van der Waals surface area contributed by atoms with Crippen molar-refractivity contribution in [3.63, 3.8) is 0 Å². The minimum Gasteiger partial charge on any atom is -0.457 e. The van der Waals surface area contributed by atoms with E-state index >= 15 is 0 Å². The average Bonchev–Trinajstić information content (AvgIpc) is 3.02. The number of amides is 2. The van der Waals surface area contributed by atoms with Crippen LogP contribution in [-0.2, 0) is 10.0 Å². The van der Waals surface area contributed by atoms with Gasteiger partial charge in [0.15, 0.2) is 0 Å². The zero-order valence-corrected chi connectivity index (χ0v) is 23.7. The molecule has 41 heavy (non-hydrogen) atoms. The molecule has 0 unspecified atom stereocenters. The molecule has 212 valence electrons. The molecule has 1 fully saturated rings. The first-order valence-electron chi connectivity index (χ1n) is 14.0. The van der Waals surface area contributed by atoms with E-state index in [-0.39, 0.29) is 16.8 Å². The van der Waals surface area contributed by atoms with Crippen molar-refractivity contribution in [2.45, 2.75) is 30.6 Å². The Bertz CT molecular complexity index is 1490. The quantitative estimate of drug-likeness (QED) is 0.210. The van der Waals surface area contributed by atoms with Crippen LogP contribution in [0.25, 0.3) is 0 Å². The Balaban J connectivity index is 1.16. The van der Waals surface area contributed by atoms with Crippen LogP contribution < -0.4 is 19.7 Å². The molecule has 4 aromatic rings. The van der Waals surface area contributed by atoms with Crippen LogP contribution in [0.5, 0.6) is 11.5 Å². The topological polar surface area (TPSA) is 87.7 Å². The highest BCUT2D eigenvalue weighted by atomic mass is 32.2. The lowest BCUT2D eigenvalue weighted by Crippen LogP contribution is -2.40. The summed E-state index contributed by atoms with van der Waals surface area (Å²) in [5, 5.41) is 3.04. The van der Waals surface area contributed by atoms with Gasteiger partial charge in [-0.05, 0) is 98.2 Å². The monoisotopic (exact) mass is 569 g/mol. The highest BCUT2D eigenvalue weighted by Crippen LogP contribution is 2.31. The summed E-state index contributed by atoms with van der Waals surface area (Å²) in [5.74, 6) is 2.05. The number of carbonyl (C=O) groups is 1. The zero-order valence-electron chi connectivity index (χ0n) is 22.9. The fraction of sp³-hybridized carbons (Fsp3) is 0.242. The molecule has 2 N–H and O–H groups in total. The van der Waals surface area contributed by atoms with Gasteiger partial charge in [-0.25, -0.2) is 17.9 Å². The molecule has 1 aliphatic rings.